The van der Waals surface area contributed by atoms with E-state index in [2.05, 4.69) is 19.4 Å². The Balaban J connectivity index is 1.74. The van der Waals surface area contributed by atoms with Gasteiger partial charge in [-0.05, 0) is 37.6 Å². The fourth-order valence-electron chi connectivity index (χ4n) is 2.62. The average molecular weight is 493 g/mol. The first-order valence-electron chi connectivity index (χ1n) is 8.94. The largest absolute Gasteiger partial charge is 0.435 e. The summed E-state index contributed by atoms with van der Waals surface area (Å²) in [5, 5.41) is 12.0. The average Bonchev–Trinajstić information content (AvgIpc) is 3.26. The number of nitrogens with one attached hydrogen (secondary N) is 1. The van der Waals surface area contributed by atoms with Gasteiger partial charge in [-0.1, -0.05) is 12.1 Å². The quantitative estimate of drug-likeness (QED) is 0.438. The Hall–Kier alpha value is -2.64. The van der Waals surface area contributed by atoms with E-state index in [1.807, 2.05) is 0 Å². The molecule has 0 radical (unpaired) electrons. The number of thiophene rings is 1. The molecule has 0 aliphatic rings. The summed E-state index contributed by atoms with van der Waals surface area (Å²) in [5.41, 5.74) is -2.15. The molecular weight excluding hydrogens is 477 g/mol. The van der Waals surface area contributed by atoms with Crippen molar-refractivity contribution < 1.29 is 36.6 Å². The molecule has 172 valence electrons. The number of hydrogen-bond acceptors (Lipinski definition) is 7. The highest BCUT2D eigenvalue weighted by Gasteiger charge is 2.50. The molecule has 32 heavy (non-hydrogen) atoms. The number of nitrogens with zero attached hydrogens (tertiary/aromatic N) is 2. The SMILES string of the molecule is Cc1sc(-c2cccc(OC(F)F)c2)cc1C(=O)Nc1nc(CC(C)(O)C(F)(F)F)ns1. The minimum atomic E-state index is -4.86. The van der Waals surface area contributed by atoms with Gasteiger partial charge in [0.15, 0.2) is 5.60 Å². The van der Waals surface area contributed by atoms with Gasteiger partial charge < -0.3 is 9.84 Å². The molecule has 6 nitrogen and oxygen atoms in total. The van der Waals surface area contributed by atoms with Gasteiger partial charge in [0.05, 0.1) is 5.56 Å². The highest BCUT2D eigenvalue weighted by atomic mass is 32.1. The lowest BCUT2D eigenvalue weighted by Gasteiger charge is -2.24. The standard InChI is InChI=1S/C19H16F5N3O3S2/c1-9-12(7-13(31-9)10-4-3-5-11(6-10)30-16(20)21)15(28)26-17-25-14(27-32-17)8-18(2,29)19(22,23)24/h3-7,16,29H,8H2,1-2H3,(H,25,26,27,28). The van der Waals surface area contributed by atoms with Gasteiger partial charge in [0.1, 0.15) is 11.6 Å². The number of carbonyl (C=O) groups is 1. The predicted molar refractivity (Wildman–Crippen MR) is 109 cm³/mol. The first kappa shape index (κ1) is 24.0. The van der Waals surface area contributed by atoms with Crippen LogP contribution < -0.4 is 10.1 Å². The molecule has 0 aliphatic carbocycles. The zero-order valence-electron chi connectivity index (χ0n) is 16.5. The second kappa shape index (κ2) is 9.08. The Labute approximate surface area is 186 Å². The van der Waals surface area contributed by atoms with Crippen molar-refractivity contribution in [1.29, 1.82) is 0 Å². The monoisotopic (exact) mass is 493 g/mol. The number of amides is 1. The van der Waals surface area contributed by atoms with Crippen molar-refractivity contribution in [2.75, 3.05) is 5.32 Å². The third-order valence-corrected chi connectivity index (χ3v) is 6.08. The van der Waals surface area contributed by atoms with E-state index in [4.69, 9.17) is 0 Å². The molecule has 1 unspecified atom stereocenters. The zero-order chi connectivity index (χ0) is 23.7. The van der Waals surface area contributed by atoms with Crippen LogP contribution in [-0.2, 0) is 6.42 Å². The van der Waals surface area contributed by atoms with Gasteiger partial charge in [-0.25, -0.2) is 4.98 Å². The van der Waals surface area contributed by atoms with Gasteiger partial charge in [0.2, 0.25) is 5.13 Å². The van der Waals surface area contributed by atoms with Gasteiger partial charge in [0, 0.05) is 27.7 Å². The first-order valence-corrected chi connectivity index (χ1v) is 10.5. The lowest BCUT2D eigenvalue weighted by molar-refractivity contribution is -0.252. The molecule has 0 saturated heterocycles. The van der Waals surface area contributed by atoms with Crippen LogP contribution in [0.1, 0.15) is 28.0 Å². The second-order valence-electron chi connectivity index (χ2n) is 6.91. The van der Waals surface area contributed by atoms with E-state index < -0.39 is 30.7 Å². The Morgan fingerprint density at radius 2 is 2.00 bits per heavy atom. The Bertz CT molecular complexity index is 1110. The topological polar surface area (TPSA) is 84.3 Å². The maximum absolute atomic E-state index is 12.8. The fraction of sp³-hybridized carbons (Fsp3) is 0.316. The molecule has 2 N–H and O–H groups in total. The molecule has 0 spiro atoms. The van der Waals surface area contributed by atoms with Gasteiger partial charge in [-0.15, -0.1) is 11.3 Å². The zero-order valence-corrected chi connectivity index (χ0v) is 18.2. The highest BCUT2D eigenvalue weighted by molar-refractivity contribution is 7.15. The van der Waals surface area contributed by atoms with Crippen molar-refractivity contribution in [3.05, 3.63) is 46.6 Å². The first-order chi connectivity index (χ1) is 14.9. The number of hydrogen-bond donors (Lipinski definition) is 2. The normalized spacial score (nSPS) is 13.8. The van der Waals surface area contributed by atoms with Crippen LogP contribution in [0.25, 0.3) is 10.4 Å². The van der Waals surface area contributed by atoms with E-state index in [9.17, 15) is 31.9 Å². The number of benzene rings is 1. The van der Waals surface area contributed by atoms with Crippen LogP contribution in [0.3, 0.4) is 0 Å². The van der Waals surface area contributed by atoms with Crippen LogP contribution in [0.15, 0.2) is 30.3 Å². The molecule has 13 heteroatoms. The molecule has 0 saturated carbocycles. The fourth-order valence-corrected chi connectivity index (χ4v) is 4.22. The Kier molecular flexibility index (Phi) is 6.81. The number of alkyl halides is 5. The number of anilines is 1. The van der Waals surface area contributed by atoms with Crippen molar-refractivity contribution in [3.63, 3.8) is 0 Å². The smallest absolute Gasteiger partial charge is 0.417 e. The van der Waals surface area contributed by atoms with Gasteiger partial charge in [0.25, 0.3) is 5.91 Å². The van der Waals surface area contributed by atoms with Crippen molar-refractivity contribution in [1.82, 2.24) is 9.36 Å². The Morgan fingerprint density at radius 1 is 1.28 bits per heavy atom. The lowest BCUT2D eigenvalue weighted by atomic mass is 10.0. The maximum Gasteiger partial charge on any atom is 0.417 e. The maximum atomic E-state index is 12.8. The summed E-state index contributed by atoms with van der Waals surface area (Å²) in [6.45, 7) is -0.660. The van der Waals surface area contributed by atoms with E-state index >= 15 is 0 Å². The Morgan fingerprint density at radius 3 is 2.66 bits per heavy atom. The van der Waals surface area contributed by atoms with Crippen LogP contribution in [0, 0.1) is 6.92 Å². The summed E-state index contributed by atoms with van der Waals surface area (Å²) in [6, 6.07) is 7.58. The number of rotatable bonds is 7. The molecule has 3 rings (SSSR count). The van der Waals surface area contributed by atoms with Gasteiger partial charge in [-0.2, -0.15) is 26.3 Å². The van der Waals surface area contributed by atoms with Gasteiger partial charge in [-0.3, -0.25) is 10.1 Å². The summed E-state index contributed by atoms with van der Waals surface area (Å²) < 4.78 is 71.5. The number of ether oxygens (including phenoxy) is 1. The second-order valence-corrected chi connectivity index (χ2v) is 8.91. The molecule has 1 aromatic carbocycles. The minimum absolute atomic E-state index is 0.0225. The number of halogens is 5. The van der Waals surface area contributed by atoms with E-state index in [1.54, 1.807) is 25.1 Å². The molecule has 2 heterocycles. The number of aromatic nitrogens is 2. The summed E-state index contributed by atoms with van der Waals surface area (Å²) >= 11 is 1.94. The van der Waals surface area contributed by atoms with Crippen molar-refractivity contribution in [3.8, 4) is 16.2 Å². The molecular formula is C19H16F5N3O3S2. The van der Waals surface area contributed by atoms with Crippen molar-refractivity contribution in [2.45, 2.75) is 38.7 Å². The number of aryl methyl sites for hydroxylation is 1. The number of carbonyl (C=O) groups excluding carboxylic acids is 1. The van der Waals surface area contributed by atoms with E-state index in [0.29, 0.717) is 33.8 Å². The van der Waals surface area contributed by atoms with Crippen molar-refractivity contribution in [2.24, 2.45) is 0 Å². The summed E-state index contributed by atoms with van der Waals surface area (Å²) in [5.74, 6) is -0.841. The minimum Gasteiger partial charge on any atom is -0.435 e. The lowest BCUT2D eigenvalue weighted by Crippen LogP contribution is -2.44. The molecule has 1 atom stereocenters. The van der Waals surface area contributed by atoms with E-state index in [1.165, 1.54) is 23.5 Å². The third-order valence-electron chi connectivity index (χ3n) is 4.31. The summed E-state index contributed by atoms with van der Waals surface area (Å²) in [7, 11) is 0. The van der Waals surface area contributed by atoms with Gasteiger partial charge >= 0.3 is 12.8 Å². The molecule has 1 amide bonds. The molecule has 0 fully saturated rings. The predicted octanol–water partition coefficient (Wildman–Crippen LogP) is 5.28. The molecule has 0 aliphatic heterocycles. The summed E-state index contributed by atoms with van der Waals surface area (Å²) in [4.78, 5) is 17.7. The summed E-state index contributed by atoms with van der Waals surface area (Å²) in [6.07, 6.45) is -5.72. The highest BCUT2D eigenvalue weighted by Crippen LogP contribution is 2.34. The van der Waals surface area contributed by atoms with Crippen LogP contribution >= 0.6 is 22.9 Å². The molecule has 3 aromatic rings. The number of aliphatic hydroxyl groups is 1. The molecule has 0 bridgehead atoms. The third kappa shape index (κ3) is 5.58. The van der Waals surface area contributed by atoms with Crippen LogP contribution in [0.5, 0.6) is 5.75 Å². The van der Waals surface area contributed by atoms with E-state index in [-0.39, 0.29) is 22.3 Å². The van der Waals surface area contributed by atoms with Crippen LogP contribution in [0.4, 0.5) is 27.1 Å². The molecule has 2 aromatic heterocycles. The van der Waals surface area contributed by atoms with Crippen LogP contribution in [0.2, 0.25) is 0 Å². The van der Waals surface area contributed by atoms with Crippen LogP contribution in [-0.4, -0.2) is 38.8 Å². The van der Waals surface area contributed by atoms with E-state index in [0.717, 1.165) is 0 Å². The van der Waals surface area contributed by atoms with Crippen molar-refractivity contribution >= 4 is 33.9 Å².